The second kappa shape index (κ2) is 11.7. The van der Waals surface area contributed by atoms with E-state index >= 15 is 0 Å². The third-order valence-electron chi connectivity index (χ3n) is 4.24. The first-order chi connectivity index (χ1) is 10.2. The van der Waals surface area contributed by atoms with Crippen molar-refractivity contribution in [2.24, 2.45) is 0 Å². The molecule has 0 aromatic heterocycles. The van der Waals surface area contributed by atoms with Gasteiger partial charge in [0, 0.05) is 3.92 Å². The fourth-order valence-electron chi connectivity index (χ4n) is 2.92. The Morgan fingerprint density at radius 2 is 1.95 bits per heavy atom. The SMILES string of the molecule is CCCCCCCCC(I)[C@@H]1CCC[C@H](CC(=O)OC)O1. The van der Waals surface area contributed by atoms with E-state index in [9.17, 15) is 4.79 Å². The average molecular weight is 410 g/mol. The molecule has 0 bridgehead atoms. The molecule has 0 radical (unpaired) electrons. The summed E-state index contributed by atoms with van der Waals surface area (Å²) in [4.78, 5) is 11.3. The predicted molar refractivity (Wildman–Crippen MR) is 94.9 cm³/mol. The first kappa shape index (κ1) is 19.2. The third-order valence-corrected chi connectivity index (χ3v) is 5.67. The summed E-state index contributed by atoms with van der Waals surface area (Å²) in [7, 11) is 1.45. The molecule has 0 aromatic carbocycles. The molecule has 0 aromatic rings. The second-order valence-electron chi connectivity index (χ2n) is 6.08. The van der Waals surface area contributed by atoms with E-state index in [0.717, 1.165) is 12.8 Å². The lowest BCUT2D eigenvalue weighted by atomic mass is 9.98. The first-order valence-corrected chi connectivity index (χ1v) is 9.78. The minimum atomic E-state index is -0.151. The number of carbonyl (C=O) groups excluding carboxylic acids is 1. The minimum Gasteiger partial charge on any atom is -0.469 e. The lowest BCUT2D eigenvalue weighted by molar-refractivity contribution is -0.146. The van der Waals surface area contributed by atoms with Crippen molar-refractivity contribution in [3.63, 3.8) is 0 Å². The number of hydrogen-bond acceptors (Lipinski definition) is 3. The zero-order valence-corrected chi connectivity index (χ0v) is 15.8. The van der Waals surface area contributed by atoms with Gasteiger partial charge in [-0.05, 0) is 25.7 Å². The smallest absolute Gasteiger partial charge is 0.308 e. The fraction of sp³-hybridized carbons (Fsp3) is 0.941. The van der Waals surface area contributed by atoms with Crippen molar-refractivity contribution in [3.05, 3.63) is 0 Å². The molecule has 1 aliphatic heterocycles. The van der Waals surface area contributed by atoms with Crippen LogP contribution in [0.25, 0.3) is 0 Å². The molecule has 0 amide bonds. The number of methoxy groups -OCH3 is 1. The van der Waals surface area contributed by atoms with E-state index in [1.807, 2.05) is 0 Å². The van der Waals surface area contributed by atoms with Gasteiger partial charge < -0.3 is 9.47 Å². The lowest BCUT2D eigenvalue weighted by Crippen LogP contribution is -2.35. The molecule has 1 saturated heterocycles. The molecule has 3 nitrogen and oxygen atoms in total. The molecule has 0 spiro atoms. The Labute approximate surface area is 143 Å². The normalized spacial score (nSPS) is 23.8. The van der Waals surface area contributed by atoms with Gasteiger partial charge in [-0.1, -0.05) is 68.0 Å². The molecule has 1 rings (SSSR count). The van der Waals surface area contributed by atoms with Gasteiger partial charge in [-0.25, -0.2) is 0 Å². The van der Waals surface area contributed by atoms with Crippen molar-refractivity contribution in [2.45, 2.75) is 93.7 Å². The van der Waals surface area contributed by atoms with Crippen molar-refractivity contribution in [1.29, 1.82) is 0 Å². The maximum absolute atomic E-state index is 11.3. The minimum absolute atomic E-state index is 0.0676. The van der Waals surface area contributed by atoms with Crippen molar-refractivity contribution in [3.8, 4) is 0 Å². The van der Waals surface area contributed by atoms with Crippen molar-refractivity contribution < 1.29 is 14.3 Å². The molecule has 4 heteroatoms. The topological polar surface area (TPSA) is 35.5 Å². The molecule has 1 aliphatic rings. The van der Waals surface area contributed by atoms with Crippen molar-refractivity contribution in [1.82, 2.24) is 0 Å². The van der Waals surface area contributed by atoms with Crippen LogP contribution in [-0.4, -0.2) is 29.2 Å². The first-order valence-electron chi connectivity index (χ1n) is 8.53. The zero-order chi connectivity index (χ0) is 15.5. The van der Waals surface area contributed by atoms with E-state index in [1.165, 1.54) is 58.5 Å². The van der Waals surface area contributed by atoms with Crippen LogP contribution in [0.15, 0.2) is 0 Å². The van der Waals surface area contributed by atoms with Crippen molar-refractivity contribution in [2.75, 3.05) is 7.11 Å². The molecule has 0 aliphatic carbocycles. The highest BCUT2D eigenvalue weighted by atomic mass is 127. The number of ether oxygens (including phenoxy) is 2. The Balaban J connectivity index is 2.17. The Morgan fingerprint density at radius 1 is 1.24 bits per heavy atom. The molecule has 124 valence electrons. The van der Waals surface area contributed by atoms with E-state index in [0.29, 0.717) is 16.4 Å². The zero-order valence-electron chi connectivity index (χ0n) is 13.6. The molecule has 0 saturated carbocycles. The van der Waals surface area contributed by atoms with Gasteiger partial charge in [0.2, 0.25) is 0 Å². The van der Waals surface area contributed by atoms with E-state index < -0.39 is 0 Å². The fourth-order valence-corrected chi connectivity index (χ4v) is 3.89. The summed E-state index contributed by atoms with van der Waals surface area (Å²) in [6.07, 6.45) is 13.4. The number of unbranched alkanes of at least 4 members (excludes halogenated alkanes) is 5. The van der Waals surface area contributed by atoms with Gasteiger partial charge >= 0.3 is 5.97 Å². The number of esters is 1. The summed E-state index contributed by atoms with van der Waals surface area (Å²) in [5, 5.41) is 0. The van der Waals surface area contributed by atoms with Gasteiger partial charge in [0.1, 0.15) is 0 Å². The van der Waals surface area contributed by atoms with Crippen LogP contribution in [0.4, 0.5) is 0 Å². The second-order valence-corrected chi connectivity index (χ2v) is 7.68. The molecule has 0 N–H and O–H groups in total. The van der Waals surface area contributed by atoms with Gasteiger partial charge in [0.25, 0.3) is 0 Å². The largest absolute Gasteiger partial charge is 0.469 e. The number of hydrogen-bond donors (Lipinski definition) is 0. The Hall–Kier alpha value is 0.160. The maximum Gasteiger partial charge on any atom is 0.308 e. The van der Waals surface area contributed by atoms with Gasteiger partial charge in [0.05, 0.1) is 25.7 Å². The summed E-state index contributed by atoms with van der Waals surface area (Å²) < 4.78 is 11.4. The van der Waals surface area contributed by atoms with Crippen LogP contribution in [0.1, 0.15) is 77.6 Å². The van der Waals surface area contributed by atoms with E-state index in [2.05, 4.69) is 29.5 Å². The van der Waals surface area contributed by atoms with Crippen LogP contribution in [0, 0.1) is 0 Å². The van der Waals surface area contributed by atoms with Gasteiger partial charge in [0.15, 0.2) is 0 Å². The number of halogens is 1. The number of alkyl halides is 1. The molecular formula is C17H31IO3. The summed E-state index contributed by atoms with van der Waals surface area (Å²) >= 11 is 2.54. The summed E-state index contributed by atoms with van der Waals surface area (Å²) in [6, 6.07) is 0. The summed E-state index contributed by atoms with van der Waals surface area (Å²) in [5.41, 5.74) is 0. The Kier molecular flexibility index (Phi) is 10.7. The number of carbonyl (C=O) groups is 1. The summed E-state index contributed by atoms with van der Waals surface area (Å²) in [6.45, 7) is 2.26. The third kappa shape index (κ3) is 8.38. The maximum atomic E-state index is 11.3. The quantitative estimate of drug-likeness (QED) is 0.219. The molecular weight excluding hydrogens is 379 g/mol. The van der Waals surface area contributed by atoms with Crippen LogP contribution >= 0.6 is 22.6 Å². The molecule has 21 heavy (non-hydrogen) atoms. The number of rotatable bonds is 10. The molecule has 3 atom stereocenters. The highest BCUT2D eigenvalue weighted by molar-refractivity contribution is 14.1. The predicted octanol–water partition coefficient (Wildman–Crippen LogP) is 5.04. The highest BCUT2D eigenvalue weighted by Gasteiger charge is 2.28. The monoisotopic (exact) mass is 410 g/mol. The van der Waals surface area contributed by atoms with Crippen LogP contribution in [0.2, 0.25) is 0 Å². The van der Waals surface area contributed by atoms with Crippen LogP contribution in [0.3, 0.4) is 0 Å². The molecule has 1 fully saturated rings. The van der Waals surface area contributed by atoms with Gasteiger partial charge in [-0.3, -0.25) is 4.79 Å². The van der Waals surface area contributed by atoms with Gasteiger partial charge in [-0.2, -0.15) is 0 Å². The Bertz CT molecular complexity index is 283. The molecule has 1 unspecified atom stereocenters. The standard InChI is InChI=1S/C17H31IO3/c1-3-4-5-6-7-8-11-15(18)16-12-9-10-14(21-16)13-17(19)20-2/h14-16H,3-13H2,1-2H3/t14-,15?,16+/m1/s1. The van der Waals surface area contributed by atoms with Crippen molar-refractivity contribution >= 4 is 28.6 Å². The van der Waals surface area contributed by atoms with Gasteiger partial charge in [-0.15, -0.1) is 0 Å². The van der Waals surface area contributed by atoms with E-state index in [1.54, 1.807) is 0 Å². The molecule has 1 heterocycles. The van der Waals surface area contributed by atoms with Crippen LogP contribution in [-0.2, 0) is 14.3 Å². The van der Waals surface area contributed by atoms with Crippen LogP contribution in [0.5, 0.6) is 0 Å². The Morgan fingerprint density at radius 3 is 2.67 bits per heavy atom. The van der Waals surface area contributed by atoms with E-state index in [-0.39, 0.29) is 12.1 Å². The van der Waals surface area contributed by atoms with Crippen LogP contribution < -0.4 is 0 Å². The van der Waals surface area contributed by atoms with E-state index in [4.69, 9.17) is 9.47 Å². The highest BCUT2D eigenvalue weighted by Crippen LogP contribution is 2.29. The summed E-state index contributed by atoms with van der Waals surface area (Å²) in [5.74, 6) is -0.151. The average Bonchev–Trinajstić information content (AvgIpc) is 2.50. The lowest BCUT2D eigenvalue weighted by Gasteiger charge is -2.32.